The van der Waals surface area contributed by atoms with Crippen LogP contribution < -0.4 is 29.6 Å². The fourth-order valence-corrected chi connectivity index (χ4v) is 3.70. The lowest BCUT2D eigenvalue weighted by Crippen LogP contribution is -2.22. The van der Waals surface area contributed by atoms with Gasteiger partial charge in [-0.05, 0) is 60.4 Å². The number of hydrogen-bond acceptors (Lipinski definition) is 6. The average Bonchev–Trinajstić information content (AvgIpc) is 3.53. The minimum Gasteiger partial charge on any atom is -0.454 e. The summed E-state index contributed by atoms with van der Waals surface area (Å²) >= 11 is 0. The van der Waals surface area contributed by atoms with Gasteiger partial charge < -0.3 is 29.6 Å². The molecule has 4 rings (SSSR count). The maximum absolute atomic E-state index is 12.0. The van der Waals surface area contributed by atoms with Gasteiger partial charge >= 0.3 is 0 Å². The highest BCUT2D eigenvalue weighted by molar-refractivity contribution is 5.92. The van der Waals surface area contributed by atoms with E-state index >= 15 is 0 Å². The number of ether oxygens (including phenoxy) is 4. The lowest BCUT2D eigenvalue weighted by molar-refractivity contribution is -0.117. The molecule has 0 fully saturated rings. The number of benzene rings is 2. The quantitative estimate of drug-likeness (QED) is 0.353. The van der Waals surface area contributed by atoms with Gasteiger partial charge in [0.2, 0.25) is 25.4 Å². The molecule has 0 aromatic heterocycles. The molecule has 2 aliphatic rings. The first-order chi connectivity index (χ1) is 17.2. The van der Waals surface area contributed by atoms with Crippen molar-refractivity contribution in [3.8, 4) is 23.0 Å². The average molecular weight is 479 g/mol. The Morgan fingerprint density at radius 2 is 1.06 bits per heavy atom. The zero-order valence-corrected chi connectivity index (χ0v) is 19.6. The number of rotatable bonds is 12. The Morgan fingerprint density at radius 3 is 1.54 bits per heavy atom. The second-order valence-electron chi connectivity index (χ2n) is 8.24. The molecule has 0 saturated heterocycles. The molecule has 0 radical (unpaired) electrons. The number of unbranched alkanes of at least 4 members (excludes halogenated alkanes) is 4. The maximum Gasteiger partial charge on any atom is 0.243 e. The van der Waals surface area contributed by atoms with Gasteiger partial charge in [-0.3, -0.25) is 9.59 Å². The van der Waals surface area contributed by atoms with Gasteiger partial charge in [0, 0.05) is 25.2 Å². The Kier molecular flexibility index (Phi) is 8.64. The molecule has 0 atom stereocenters. The van der Waals surface area contributed by atoms with Crippen molar-refractivity contribution in [1.82, 2.24) is 10.6 Å². The van der Waals surface area contributed by atoms with Crippen LogP contribution in [0, 0.1) is 0 Å². The summed E-state index contributed by atoms with van der Waals surface area (Å²) in [7, 11) is 0. The number of carbonyl (C=O) groups excluding carboxylic acids is 2. The molecule has 35 heavy (non-hydrogen) atoms. The maximum atomic E-state index is 12.0. The molecular formula is C27H30N2O6. The van der Waals surface area contributed by atoms with Gasteiger partial charge in [-0.2, -0.15) is 0 Å². The number of hydrogen-bond donors (Lipinski definition) is 2. The molecule has 8 nitrogen and oxygen atoms in total. The number of amides is 2. The van der Waals surface area contributed by atoms with Crippen molar-refractivity contribution in [3.05, 3.63) is 59.7 Å². The van der Waals surface area contributed by atoms with Crippen LogP contribution in [0.2, 0.25) is 0 Å². The second-order valence-corrected chi connectivity index (χ2v) is 8.24. The van der Waals surface area contributed by atoms with E-state index in [9.17, 15) is 9.59 Å². The third kappa shape index (κ3) is 7.53. The van der Waals surface area contributed by atoms with Crippen LogP contribution in [0.3, 0.4) is 0 Å². The molecule has 2 aromatic carbocycles. The predicted octanol–water partition coefficient (Wildman–Crippen LogP) is 4.05. The van der Waals surface area contributed by atoms with E-state index in [1.165, 1.54) is 12.2 Å². The van der Waals surface area contributed by atoms with Gasteiger partial charge in [-0.25, -0.2) is 0 Å². The van der Waals surface area contributed by atoms with E-state index in [-0.39, 0.29) is 25.4 Å². The van der Waals surface area contributed by atoms with Crippen LogP contribution >= 0.6 is 0 Å². The van der Waals surface area contributed by atoms with E-state index in [1.54, 1.807) is 12.2 Å². The molecule has 2 aromatic rings. The van der Waals surface area contributed by atoms with Crippen molar-refractivity contribution in [2.45, 2.75) is 32.1 Å². The first-order valence-electron chi connectivity index (χ1n) is 11.9. The minimum absolute atomic E-state index is 0.112. The largest absolute Gasteiger partial charge is 0.454 e. The van der Waals surface area contributed by atoms with Crippen LogP contribution in [0.4, 0.5) is 0 Å². The molecule has 2 aliphatic heterocycles. The standard InChI is InChI=1S/C27H30N2O6/c30-26(12-8-20-6-10-22-24(16-20)34-18-32-22)28-14-4-2-1-3-5-15-29-27(31)13-9-21-7-11-23-25(17-21)35-19-33-23/h6-13,16-17H,1-5,14-15,18-19H2,(H,28,30)(H,29,31)/b12-8+,13-9+. The Bertz CT molecular complexity index is 1010. The Morgan fingerprint density at radius 1 is 0.629 bits per heavy atom. The molecule has 8 heteroatoms. The fraction of sp³-hybridized carbons (Fsp3) is 0.333. The van der Waals surface area contributed by atoms with Crippen molar-refractivity contribution < 1.29 is 28.5 Å². The Labute approximate surface area is 204 Å². The van der Waals surface area contributed by atoms with Gasteiger partial charge in [-0.15, -0.1) is 0 Å². The van der Waals surface area contributed by atoms with Gasteiger partial charge in [0.1, 0.15) is 0 Å². The van der Waals surface area contributed by atoms with Crippen LogP contribution in [0.25, 0.3) is 12.2 Å². The summed E-state index contributed by atoms with van der Waals surface area (Å²) in [5.41, 5.74) is 1.78. The smallest absolute Gasteiger partial charge is 0.243 e. The highest BCUT2D eigenvalue weighted by atomic mass is 16.7. The van der Waals surface area contributed by atoms with Gasteiger partial charge in [0.25, 0.3) is 0 Å². The Hall–Kier alpha value is -3.94. The van der Waals surface area contributed by atoms with Crippen molar-refractivity contribution in [1.29, 1.82) is 0 Å². The molecule has 0 unspecified atom stereocenters. The highest BCUT2D eigenvalue weighted by Gasteiger charge is 2.13. The SMILES string of the molecule is O=C(/C=C/c1ccc2c(c1)OCO2)NCCCCCCCNC(=O)/C=C/c1ccc2c(c1)OCO2. The lowest BCUT2D eigenvalue weighted by Gasteiger charge is -2.04. The summed E-state index contributed by atoms with van der Waals surface area (Å²) in [4.78, 5) is 23.9. The summed E-state index contributed by atoms with van der Waals surface area (Å²) < 4.78 is 21.2. The third-order valence-corrected chi connectivity index (χ3v) is 5.60. The lowest BCUT2D eigenvalue weighted by atomic mass is 10.1. The van der Waals surface area contributed by atoms with E-state index in [2.05, 4.69) is 10.6 Å². The molecule has 0 spiro atoms. The van der Waals surface area contributed by atoms with E-state index in [0.29, 0.717) is 24.6 Å². The third-order valence-electron chi connectivity index (χ3n) is 5.60. The van der Waals surface area contributed by atoms with Crippen LogP contribution in [-0.2, 0) is 9.59 Å². The molecule has 184 valence electrons. The van der Waals surface area contributed by atoms with Gasteiger partial charge in [-0.1, -0.05) is 31.4 Å². The summed E-state index contributed by atoms with van der Waals surface area (Å²) in [6.07, 6.45) is 11.6. The first-order valence-corrected chi connectivity index (χ1v) is 11.9. The number of nitrogens with one attached hydrogen (secondary N) is 2. The van der Waals surface area contributed by atoms with Crippen LogP contribution in [0.1, 0.15) is 43.2 Å². The van der Waals surface area contributed by atoms with E-state index < -0.39 is 0 Å². The summed E-state index contributed by atoms with van der Waals surface area (Å²) in [5.74, 6) is 2.62. The molecule has 2 amide bonds. The molecule has 0 aliphatic carbocycles. The normalized spacial score (nSPS) is 13.5. The Balaban J connectivity index is 1.00. The molecule has 0 bridgehead atoms. The van der Waals surface area contributed by atoms with E-state index in [1.807, 2.05) is 36.4 Å². The molecule has 2 N–H and O–H groups in total. The minimum atomic E-state index is -0.112. The van der Waals surface area contributed by atoms with Crippen molar-refractivity contribution in [2.24, 2.45) is 0 Å². The molecule has 2 heterocycles. The van der Waals surface area contributed by atoms with Crippen LogP contribution in [0.5, 0.6) is 23.0 Å². The van der Waals surface area contributed by atoms with Crippen molar-refractivity contribution in [2.75, 3.05) is 26.7 Å². The van der Waals surface area contributed by atoms with E-state index in [4.69, 9.17) is 18.9 Å². The fourth-order valence-electron chi connectivity index (χ4n) is 3.70. The molecule has 0 saturated carbocycles. The zero-order valence-electron chi connectivity index (χ0n) is 19.6. The topological polar surface area (TPSA) is 95.1 Å². The summed E-state index contributed by atoms with van der Waals surface area (Å²) in [5, 5.41) is 5.80. The van der Waals surface area contributed by atoms with Gasteiger partial charge in [0.15, 0.2) is 23.0 Å². The number of fused-ring (bicyclic) bond motifs is 2. The van der Waals surface area contributed by atoms with Crippen molar-refractivity contribution in [3.63, 3.8) is 0 Å². The molecular weight excluding hydrogens is 448 g/mol. The zero-order chi connectivity index (χ0) is 24.3. The summed E-state index contributed by atoms with van der Waals surface area (Å²) in [6, 6.07) is 11.1. The summed E-state index contributed by atoms with van der Waals surface area (Å²) in [6.45, 7) is 1.76. The van der Waals surface area contributed by atoms with Crippen LogP contribution in [0.15, 0.2) is 48.6 Å². The highest BCUT2D eigenvalue weighted by Crippen LogP contribution is 2.33. The first kappa shape index (κ1) is 24.2. The van der Waals surface area contributed by atoms with E-state index in [0.717, 1.165) is 54.7 Å². The predicted molar refractivity (Wildman–Crippen MR) is 132 cm³/mol. The second kappa shape index (κ2) is 12.5. The van der Waals surface area contributed by atoms with Crippen molar-refractivity contribution >= 4 is 24.0 Å². The monoisotopic (exact) mass is 478 g/mol. The van der Waals surface area contributed by atoms with Crippen LogP contribution in [-0.4, -0.2) is 38.5 Å². The number of carbonyl (C=O) groups is 2. The van der Waals surface area contributed by atoms with Gasteiger partial charge in [0.05, 0.1) is 0 Å².